The highest BCUT2D eigenvalue weighted by Crippen LogP contribution is 2.20. The Morgan fingerprint density at radius 1 is 1.00 bits per heavy atom. The zero-order valence-electron chi connectivity index (χ0n) is 18.6. The maximum Gasteiger partial charge on any atom is 0.265 e. The third kappa shape index (κ3) is 4.91. The summed E-state index contributed by atoms with van der Waals surface area (Å²) in [5.41, 5.74) is 3.42. The van der Waals surface area contributed by atoms with Crippen LogP contribution in [0.25, 0.3) is 16.6 Å². The highest BCUT2D eigenvalue weighted by Gasteiger charge is 2.12. The summed E-state index contributed by atoms with van der Waals surface area (Å²) in [4.78, 5) is 29.9. The van der Waals surface area contributed by atoms with Crippen LogP contribution in [0.4, 0.5) is 10.1 Å². The van der Waals surface area contributed by atoms with E-state index in [1.807, 2.05) is 45.0 Å². The molecule has 5 nitrogen and oxygen atoms in total. The Bertz CT molecular complexity index is 1310. The first-order valence-electron chi connectivity index (χ1n) is 10.6. The summed E-state index contributed by atoms with van der Waals surface area (Å²) in [6, 6.07) is 18.5. The van der Waals surface area contributed by atoms with Gasteiger partial charge in [0, 0.05) is 5.69 Å². The maximum absolute atomic E-state index is 13.0. The van der Waals surface area contributed by atoms with E-state index in [-0.39, 0.29) is 23.7 Å². The molecular formula is C26H26FN3O2. The summed E-state index contributed by atoms with van der Waals surface area (Å²) in [6.07, 6.45) is 0.147. The second kappa shape index (κ2) is 10.0. The minimum atomic E-state index is -0.334. The Balaban J connectivity index is 0.00000141. The highest BCUT2D eigenvalue weighted by atomic mass is 19.1. The molecule has 0 saturated heterocycles. The van der Waals surface area contributed by atoms with Crippen molar-refractivity contribution < 1.29 is 9.18 Å². The van der Waals surface area contributed by atoms with E-state index in [4.69, 9.17) is 0 Å². The van der Waals surface area contributed by atoms with Gasteiger partial charge in [0.15, 0.2) is 0 Å². The van der Waals surface area contributed by atoms with Crippen molar-refractivity contribution in [2.75, 3.05) is 5.32 Å². The Morgan fingerprint density at radius 3 is 2.38 bits per heavy atom. The van der Waals surface area contributed by atoms with Crippen LogP contribution in [0.3, 0.4) is 0 Å². The first-order valence-corrected chi connectivity index (χ1v) is 10.6. The van der Waals surface area contributed by atoms with Crippen molar-refractivity contribution in [3.63, 3.8) is 0 Å². The van der Waals surface area contributed by atoms with Gasteiger partial charge in [0.2, 0.25) is 5.91 Å². The van der Waals surface area contributed by atoms with Crippen LogP contribution < -0.4 is 10.9 Å². The fourth-order valence-electron chi connectivity index (χ4n) is 3.46. The first-order chi connectivity index (χ1) is 15.4. The summed E-state index contributed by atoms with van der Waals surface area (Å²) in [5.74, 6) is 0.0590. The lowest BCUT2D eigenvalue weighted by molar-refractivity contribution is -0.115. The number of carbonyl (C=O) groups is 1. The van der Waals surface area contributed by atoms with Crippen LogP contribution in [0.2, 0.25) is 0 Å². The molecule has 0 spiro atoms. The van der Waals surface area contributed by atoms with E-state index in [9.17, 15) is 14.0 Å². The number of halogens is 1. The van der Waals surface area contributed by atoms with Gasteiger partial charge in [0.05, 0.1) is 23.0 Å². The van der Waals surface area contributed by atoms with Crippen LogP contribution in [0, 0.1) is 19.7 Å². The molecule has 0 aliphatic carbocycles. The molecule has 1 aromatic heterocycles. The Kier molecular flexibility index (Phi) is 7.15. The molecule has 0 unspecified atom stereocenters. The van der Waals surface area contributed by atoms with Gasteiger partial charge in [-0.3, -0.25) is 14.2 Å². The number of benzene rings is 3. The molecule has 0 radical (unpaired) electrons. The Morgan fingerprint density at radius 2 is 1.69 bits per heavy atom. The standard InChI is InChI=1S/C24H20FN3O2.C2H6/c1-15-13-19(28-16(2)26-22-6-4-3-5-20(22)24(28)30)11-12-21(15)27-23(29)14-17-7-9-18(25)10-8-17;1-2/h3-13H,14H2,1-2H3,(H,27,29);1-2H3. The lowest BCUT2D eigenvalue weighted by Gasteiger charge is -2.14. The topological polar surface area (TPSA) is 64.0 Å². The molecule has 1 N–H and O–H groups in total. The summed E-state index contributed by atoms with van der Waals surface area (Å²) in [7, 11) is 0. The fourth-order valence-corrected chi connectivity index (χ4v) is 3.46. The molecule has 0 aliphatic heterocycles. The molecule has 6 heteroatoms. The molecule has 4 rings (SSSR count). The molecule has 1 heterocycles. The second-order valence-corrected chi connectivity index (χ2v) is 7.17. The van der Waals surface area contributed by atoms with Crippen molar-refractivity contribution in [1.29, 1.82) is 0 Å². The number of aromatic nitrogens is 2. The van der Waals surface area contributed by atoms with Crippen LogP contribution in [0.1, 0.15) is 30.8 Å². The quantitative estimate of drug-likeness (QED) is 0.474. The molecule has 1 amide bonds. The number of rotatable bonds is 4. The molecule has 0 fully saturated rings. The van der Waals surface area contributed by atoms with Crippen molar-refractivity contribution in [2.24, 2.45) is 0 Å². The van der Waals surface area contributed by atoms with Crippen molar-refractivity contribution >= 4 is 22.5 Å². The molecular weight excluding hydrogens is 405 g/mol. The van der Waals surface area contributed by atoms with Gasteiger partial charge in [-0.1, -0.05) is 38.1 Å². The summed E-state index contributed by atoms with van der Waals surface area (Å²) in [6.45, 7) is 7.66. The van der Waals surface area contributed by atoms with Gasteiger partial charge in [-0.05, 0) is 67.4 Å². The lowest BCUT2D eigenvalue weighted by atomic mass is 10.1. The van der Waals surface area contributed by atoms with Gasteiger partial charge in [-0.25, -0.2) is 9.37 Å². The van der Waals surface area contributed by atoms with Gasteiger partial charge < -0.3 is 5.32 Å². The summed E-state index contributed by atoms with van der Waals surface area (Å²) in [5, 5.41) is 3.43. The number of nitrogens with one attached hydrogen (secondary N) is 1. The van der Waals surface area contributed by atoms with Gasteiger partial charge in [0.1, 0.15) is 11.6 Å². The van der Waals surface area contributed by atoms with Crippen molar-refractivity contribution in [2.45, 2.75) is 34.1 Å². The molecule has 0 aliphatic rings. The zero-order chi connectivity index (χ0) is 23.3. The molecule has 32 heavy (non-hydrogen) atoms. The summed E-state index contributed by atoms with van der Waals surface area (Å²) >= 11 is 0. The van der Waals surface area contributed by atoms with Crippen LogP contribution in [-0.4, -0.2) is 15.5 Å². The predicted octanol–water partition coefficient (Wildman–Crippen LogP) is 5.35. The van der Waals surface area contributed by atoms with E-state index in [0.717, 1.165) is 11.1 Å². The molecule has 164 valence electrons. The van der Waals surface area contributed by atoms with Gasteiger partial charge >= 0.3 is 0 Å². The van der Waals surface area contributed by atoms with Crippen LogP contribution in [0.5, 0.6) is 0 Å². The monoisotopic (exact) mass is 431 g/mol. The Labute approximate surface area is 186 Å². The van der Waals surface area contributed by atoms with E-state index in [0.29, 0.717) is 28.1 Å². The SMILES string of the molecule is CC.Cc1cc(-n2c(C)nc3ccccc3c2=O)ccc1NC(=O)Cc1ccc(F)cc1. The number of nitrogens with zero attached hydrogens (tertiary/aromatic N) is 2. The maximum atomic E-state index is 13.0. The van der Waals surface area contributed by atoms with E-state index in [2.05, 4.69) is 10.3 Å². The fraction of sp³-hybridized carbons (Fsp3) is 0.192. The van der Waals surface area contributed by atoms with Gasteiger partial charge in [-0.2, -0.15) is 0 Å². The average molecular weight is 432 g/mol. The Hall–Kier alpha value is -3.80. The zero-order valence-corrected chi connectivity index (χ0v) is 18.6. The average Bonchev–Trinajstić information content (AvgIpc) is 2.78. The third-order valence-electron chi connectivity index (χ3n) is 4.96. The van der Waals surface area contributed by atoms with E-state index < -0.39 is 0 Å². The van der Waals surface area contributed by atoms with Crippen LogP contribution >= 0.6 is 0 Å². The van der Waals surface area contributed by atoms with Crippen LogP contribution in [-0.2, 0) is 11.2 Å². The van der Waals surface area contributed by atoms with Crippen molar-refractivity contribution in [1.82, 2.24) is 9.55 Å². The van der Waals surface area contributed by atoms with E-state index >= 15 is 0 Å². The van der Waals surface area contributed by atoms with Gasteiger partial charge in [-0.15, -0.1) is 0 Å². The van der Waals surface area contributed by atoms with Crippen molar-refractivity contribution in [3.05, 3.63) is 99.9 Å². The number of aryl methyl sites for hydroxylation is 2. The number of anilines is 1. The van der Waals surface area contributed by atoms with Crippen molar-refractivity contribution in [3.8, 4) is 5.69 Å². The number of para-hydroxylation sites is 1. The third-order valence-corrected chi connectivity index (χ3v) is 4.96. The predicted molar refractivity (Wildman–Crippen MR) is 127 cm³/mol. The van der Waals surface area contributed by atoms with Crippen LogP contribution in [0.15, 0.2) is 71.5 Å². The largest absolute Gasteiger partial charge is 0.326 e. The lowest BCUT2D eigenvalue weighted by Crippen LogP contribution is -2.22. The van der Waals surface area contributed by atoms with Gasteiger partial charge in [0.25, 0.3) is 5.56 Å². The highest BCUT2D eigenvalue weighted by molar-refractivity contribution is 5.93. The first kappa shape index (κ1) is 22.9. The molecule has 3 aromatic carbocycles. The number of fused-ring (bicyclic) bond motifs is 1. The second-order valence-electron chi connectivity index (χ2n) is 7.17. The van der Waals surface area contributed by atoms with E-state index in [1.165, 1.54) is 12.1 Å². The minimum absolute atomic E-state index is 0.134. The number of hydrogen-bond acceptors (Lipinski definition) is 3. The molecule has 4 aromatic rings. The minimum Gasteiger partial charge on any atom is -0.326 e. The number of amides is 1. The smallest absolute Gasteiger partial charge is 0.265 e. The van der Waals surface area contributed by atoms with E-state index in [1.54, 1.807) is 41.8 Å². The number of carbonyl (C=O) groups excluding carboxylic acids is 1. The summed E-state index contributed by atoms with van der Waals surface area (Å²) < 4.78 is 14.6. The molecule has 0 atom stereocenters. The molecule has 0 saturated carbocycles. The number of hydrogen-bond donors (Lipinski definition) is 1. The normalized spacial score (nSPS) is 10.4. The molecule has 0 bridgehead atoms.